The fraction of sp³-hybridized carbons (Fsp3) is 0.452. The van der Waals surface area contributed by atoms with Crippen molar-refractivity contribution in [3.8, 4) is 0 Å². The van der Waals surface area contributed by atoms with Crippen LogP contribution in [0.2, 0.25) is 0 Å². The van der Waals surface area contributed by atoms with Gasteiger partial charge < -0.3 is 29.8 Å². The van der Waals surface area contributed by atoms with Crippen molar-refractivity contribution in [3.05, 3.63) is 65.5 Å². The van der Waals surface area contributed by atoms with Crippen LogP contribution in [0.5, 0.6) is 0 Å². The molecule has 3 amide bonds. The molecule has 2 N–H and O–H groups in total. The Morgan fingerprint density at radius 3 is 2.57 bits per heavy atom. The SMILES string of the molecule is Cc1ccnc(N2CCN(c3ccc(C(=O)NCCCN4CCCC4=O)cc3NC(=O)c3coc(C4CC4)n3)CC2)c1. The molecule has 3 fully saturated rings. The monoisotopic (exact) mass is 571 g/mol. The molecule has 0 atom stereocenters. The van der Waals surface area contributed by atoms with E-state index in [1.807, 2.05) is 23.2 Å². The van der Waals surface area contributed by atoms with E-state index in [2.05, 4.69) is 43.4 Å². The highest BCUT2D eigenvalue weighted by molar-refractivity contribution is 6.06. The van der Waals surface area contributed by atoms with E-state index in [9.17, 15) is 14.4 Å². The van der Waals surface area contributed by atoms with Crippen LogP contribution in [-0.4, -0.2) is 78.4 Å². The van der Waals surface area contributed by atoms with Gasteiger partial charge in [0.1, 0.15) is 12.1 Å². The third-order valence-electron chi connectivity index (χ3n) is 8.10. The number of pyridine rings is 1. The Hall–Kier alpha value is -4.41. The number of nitrogens with zero attached hydrogens (tertiary/aromatic N) is 5. The van der Waals surface area contributed by atoms with Crippen LogP contribution >= 0.6 is 0 Å². The van der Waals surface area contributed by atoms with E-state index in [4.69, 9.17) is 4.42 Å². The van der Waals surface area contributed by atoms with E-state index in [1.54, 1.807) is 12.1 Å². The number of amides is 3. The Labute approximate surface area is 245 Å². The number of carbonyl (C=O) groups excluding carboxylic acids is 3. The Balaban J connectivity index is 1.15. The largest absolute Gasteiger partial charge is 0.448 e. The number of hydrogen-bond acceptors (Lipinski definition) is 8. The zero-order valence-corrected chi connectivity index (χ0v) is 24.0. The first kappa shape index (κ1) is 27.7. The first-order valence-corrected chi connectivity index (χ1v) is 14.8. The molecule has 4 heterocycles. The maximum atomic E-state index is 13.2. The second kappa shape index (κ2) is 12.2. The highest BCUT2D eigenvalue weighted by Gasteiger charge is 2.30. The van der Waals surface area contributed by atoms with Gasteiger partial charge in [0.25, 0.3) is 11.8 Å². The van der Waals surface area contributed by atoms with Crippen LogP contribution in [0.15, 0.2) is 47.2 Å². The van der Waals surface area contributed by atoms with Crippen LogP contribution in [0.3, 0.4) is 0 Å². The average Bonchev–Trinajstić information content (AvgIpc) is 3.58. The molecule has 1 aliphatic carbocycles. The van der Waals surface area contributed by atoms with Crippen molar-refractivity contribution in [2.45, 2.75) is 44.9 Å². The quantitative estimate of drug-likeness (QED) is 0.354. The van der Waals surface area contributed by atoms with E-state index in [0.29, 0.717) is 49.0 Å². The van der Waals surface area contributed by atoms with Gasteiger partial charge in [-0.25, -0.2) is 9.97 Å². The van der Waals surface area contributed by atoms with Crippen molar-refractivity contribution < 1.29 is 18.8 Å². The number of nitrogens with one attached hydrogen (secondary N) is 2. The Kier molecular flexibility index (Phi) is 8.07. The van der Waals surface area contributed by atoms with Crippen molar-refractivity contribution in [3.63, 3.8) is 0 Å². The molecule has 42 heavy (non-hydrogen) atoms. The van der Waals surface area contributed by atoms with Crippen LogP contribution in [0.4, 0.5) is 17.2 Å². The number of piperazine rings is 1. The number of likely N-dealkylation sites (tertiary alicyclic amines) is 1. The summed E-state index contributed by atoms with van der Waals surface area (Å²) in [6.07, 6.45) is 7.50. The van der Waals surface area contributed by atoms with Crippen LogP contribution in [-0.2, 0) is 4.79 Å². The van der Waals surface area contributed by atoms with Gasteiger partial charge in [0.15, 0.2) is 11.6 Å². The zero-order chi connectivity index (χ0) is 29.1. The van der Waals surface area contributed by atoms with Gasteiger partial charge >= 0.3 is 0 Å². The number of rotatable bonds is 10. The third-order valence-corrected chi connectivity index (χ3v) is 8.10. The summed E-state index contributed by atoms with van der Waals surface area (Å²) in [4.78, 5) is 53.4. The lowest BCUT2D eigenvalue weighted by molar-refractivity contribution is -0.127. The van der Waals surface area contributed by atoms with Crippen molar-refractivity contribution in [1.29, 1.82) is 0 Å². The van der Waals surface area contributed by atoms with Gasteiger partial charge in [-0.15, -0.1) is 0 Å². The van der Waals surface area contributed by atoms with Gasteiger partial charge in [0.05, 0.1) is 11.4 Å². The second-order valence-corrected chi connectivity index (χ2v) is 11.3. The highest BCUT2D eigenvalue weighted by atomic mass is 16.3. The summed E-state index contributed by atoms with van der Waals surface area (Å²) in [5.41, 5.74) is 3.24. The second-order valence-electron chi connectivity index (χ2n) is 11.3. The topological polar surface area (TPSA) is 124 Å². The van der Waals surface area contributed by atoms with E-state index in [-0.39, 0.29) is 23.4 Å². The minimum atomic E-state index is -0.373. The molecule has 2 aromatic heterocycles. The number of hydrogen-bond donors (Lipinski definition) is 2. The fourth-order valence-electron chi connectivity index (χ4n) is 5.53. The van der Waals surface area contributed by atoms with E-state index in [0.717, 1.165) is 63.5 Å². The molecule has 6 rings (SSSR count). The lowest BCUT2D eigenvalue weighted by Crippen LogP contribution is -2.47. The minimum Gasteiger partial charge on any atom is -0.448 e. The predicted octanol–water partition coefficient (Wildman–Crippen LogP) is 3.58. The van der Waals surface area contributed by atoms with Gasteiger partial charge in [0.2, 0.25) is 5.91 Å². The maximum absolute atomic E-state index is 13.2. The number of oxazole rings is 1. The molecule has 220 valence electrons. The smallest absolute Gasteiger partial charge is 0.277 e. The summed E-state index contributed by atoms with van der Waals surface area (Å²) in [7, 11) is 0. The minimum absolute atomic E-state index is 0.185. The molecule has 2 saturated heterocycles. The van der Waals surface area contributed by atoms with E-state index < -0.39 is 0 Å². The summed E-state index contributed by atoms with van der Waals surface area (Å²) in [5, 5.41) is 5.95. The van der Waals surface area contributed by atoms with Crippen molar-refractivity contribution in [2.75, 3.05) is 60.9 Å². The molecular weight excluding hydrogens is 534 g/mol. The molecule has 0 bridgehead atoms. The summed E-state index contributed by atoms with van der Waals surface area (Å²) in [6, 6.07) is 9.49. The molecule has 1 aromatic carbocycles. The van der Waals surface area contributed by atoms with Crippen molar-refractivity contribution in [1.82, 2.24) is 20.2 Å². The Morgan fingerprint density at radius 1 is 1.02 bits per heavy atom. The van der Waals surface area contributed by atoms with Crippen molar-refractivity contribution >= 4 is 34.9 Å². The lowest BCUT2D eigenvalue weighted by atomic mass is 10.1. The number of carbonyl (C=O) groups is 3. The van der Waals surface area contributed by atoms with Crippen LogP contribution in [0.1, 0.15) is 70.3 Å². The van der Waals surface area contributed by atoms with Crippen LogP contribution in [0.25, 0.3) is 0 Å². The molecule has 11 nitrogen and oxygen atoms in total. The molecule has 0 radical (unpaired) electrons. The molecule has 3 aromatic rings. The van der Waals surface area contributed by atoms with Gasteiger partial charge in [-0.2, -0.15) is 0 Å². The Bertz CT molecular complexity index is 1460. The van der Waals surface area contributed by atoms with Gasteiger partial charge in [-0.3, -0.25) is 14.4 Å². The van der Waals surface area contributed by atoms with Crippen molar-refractivity contribution in [2.24, 2.45) is 0 Å². The molecular formula is C31H37N7O4. The maximum Gasteiger partial charge on any atom is 0.277 e. The summed E-state index contributed by atoms with van der Waals surface area (Å²) in [5.74, 6) is 1.45. The lowest BCUT2D eigenvalue weighted by Gasteiger charge is -2.37. The van der Waals surface area contributed by atoms with Gasteiger partial charge in [0, 0.05) is 69.9 Å². The number of benzene rings is 1. The highest BCUT2D eigenvalue weighted by Crippen LogP contribution is 2.39. The fourth-order valence-corrected chi connectivity index (χ4v) is 5.53. The predicted molar refractivity (Wildman–Crippen MR) is 159 cm³/mol. The number of aromatic nitrogens is 2. The summed E-state index contributed by atoms with van der Waals surface area (Å²) >= 11 is 0. The summed E-state index contributed by atoms with van der Waals surface area (Å²) < 4.78 is 5.53. The van der Waals surface area contributed by atoms with Crippen LogP contribution in [0, 0.1) is 6.92 Å². The number of anilines is 3. The zero-order valence-electron chi connectivity index (χ0n) is 24.0. The molecule has 1 saturated carbocycles. The van der Waals surface area contributed by atoms with Gasteiger partial charge in [-0.05, 0) is 68.5 Å². The molecule has 0 spiro atoms. The van der Waals surface area contributed by atoms with Crippen LogP contribution < -0.4 is 20.4 Å². The molecule has 3 aliphatic rings. The molecule has 11 heteroatoms. The number of aryl methyl sites for hydroxylation is 1. The first-order valence-electron chi connectivity index (χ1n) is 14.8. The van der Waals surface area contributed by atoms with Gasteiger partial charge in [-0.1, -0.05) is 0 Å². The average molecular weight is 572 g/mol. The third kappa shape index (κ3) is 6.40. The van der Waals surface area contributed by atoms with E-state index in [1.165, 1.54) is 11.8 Å². The summed E-state index contributed by atoms with van der Waals surface area (Å²) in [6.45, 7) is 6.98. The first-order chi connectivity index (χ1) is 20.4. The molecule has 0 unspecified atom stereocenters. The molecule has 2 aliphatic heterocycles. The van der Waals surface area contributed by atoms with E-state index >= 15 is 0 Å². The Morgan fingerprint density at radius 2 is 1.83 bits per heavy atom. The standard InChI is InChI=1S/C31H37N7O4/c1-21-9-11-32-27(18-21)37-16-14-36(15-17-37)26-8-7-23(29(40)33-10-3-13-38-12-2-4-28(38)39)19-24(26)34-30(41)25-20-42-31(35-25)22-5-6-22/h7-9,11,18-20,22H,2-6,10,12-17H2,1H3,(H,33,40)(H,34,41). The normalized spacial score (nSPS) is 17.1.